The molecule has 65 heavy (non-hydrogen) atoms. The molecule has 1 amide bonds. The van der Waals surface area contributed by atoms with E-state index in [1.807, 2.05) is 30.9 Å². The summed E-state index contributed by atoms with van der Waals surface area (Å²) in [6, 6.07) is 14.9. The number of carbonyl (C=O) groups excluding carboxylic acids is 1. The summed E-state index contributed by atoms with van der Waals surface area (Å²) < 4.78 is 48.0. The minimum atomic E-state index is -0.824. The summed E-state index contributed by atoms with van der Waals surface area (Å²) in [5.74, 6) is -0.468. The molecular formula is C49H50F2N10O4. The summed E-state index contributed by atoms with van der Waals surface area (Å²) in [5.41, 5.74) is 7.14. The van der Waals surface area contributed by atoms with E-state index in [2.05, 4.69) is 63.8 Å². The van der Waals surface area contributed by atoms with Gasteiger partial charge in [-0.15, -0.1) is 0 Å². The Labute approximate surface area is 372 Å². The number of halogens is 2. The summed E-state index contributed by atoms with van der Waals surface area (Å²) in [6.45, 7) is 14.6. The first kappa shape index (κ1) is 41.1. The third kappa shape index (κ3) is 6.27. The van der Waals surface area contributed by atoms with Gasteiger partial charge in [0, 0.05) is 54.3 Å². The highest BCUT2D eigenvalue weighted by Crippen LogP contribution is 2.56. The van der Waals surface area contributed by atoms with Crippen molar-refractivity contribution >= 4 is 27.7 Å². The van der Waals surface area contributed by atoms with Gasteiger partial charge in [-0.2, -0.15) is 10.2 Å². The fraction of sp³-hybridized carbons (Fsp3) is 0.388. The summed E-state index contributed by atoms with van der Waals surface area (Å²) >= 11 is 0. The number of imidazole rings is 1. The molecule has 0 unspecified atom stereocenters. The molecular weight excluding hydrogens is 831 g/mol. The lowest BCUT2D eigenvalue weighted by Gasteiger charge is -2.35. The van der Waals surface area contributed by atoms with Crippen molar-refractivity contribution in [3.05, 3.63) is 122 Å². The molecule has 11 rings (SSSR count). The van der Waals surface area contributed by atoms with Gasteiger partial charge in [-0.25, -0.2) is 23.2 Å². The summed E-state index contributed by atoms with van der Waals surface area (Å²) in [6.07, 6.45) is 4.34. The maximum atomic E-state index is 16.2. The molecule has 3 aromatic carbocycles. The normalized spacial score (nSPS) is 21.7. The summed E-state index contributed by atoms with van der Waals surface area (Å²) in [5, 5.41) is 14.9. The van der Waals surface area contributed by atoms with Gasteiger partial charge in [-0.1, -0.05) is 18.1 Å². The maximum Gasteiger partial charge on any atom is 0.438 e. The number of nitrogens with zero attached hydrogens (tertiary/aromatic N) is 8. The van der Waals surface area contributed by atoms with Crippen molar-refractivity contribution in [3.8, 4) is 28.5 Å². The number of aryl methyl sites for hydroxylation is 4. The van der Waals surface area contributed by atoms with Gasteiger partial charge in [0.25, 0.3) is 5.91 Å². The van der Waals surface area contributed by atoms with Crippen LogP contribution in [0.1, 0.15) is 109 Å². The zero-order chi connectivity index (χ0) is 45.4. The van der Waals surface area contributed by atoms with E-state index in [1.54, 1.807) is 48.5 Å². The Bertz CT molecular complexity index is 3310. The van der Waals surface area contributed by atoms with Gasteiger partial charge in [0.05, 0.1) is 45.8 Å². The van der Waals surface area contributed by atoms with Crippen molar-refractivity contribution in [1.82, 2.24) is 49.1 Å². The molecule has 2 N–H and O–H groups in total. The lowest BCUT2D eigenvalue weighted by molar-refractivity contribution is -0.0592. The number of amides is 1. The SMILES string of the molecule is Cc1cc(-n2nc3c(c2-c2nc(-c4ccc5c(cnn5C)c4F)c(C)[nH]2)[C@H](C)N(C(=O)c2cc4cc([C@H]5CCOC(C)(C)C5)ccc4n2[C@@]2(c4noc(=O)[nH]4)C[C@@H]2C)CC3)cc(C)c1F. The van der Waals surface area contributed by atoms with Crippen LogP contribution in [-0.4, -0.2) is 73.8 Å². The second-order valence-electron chi connectivity index (χ2n) is 19.1. The van der Waals surface area contributed by atoms with Crippen LogP contribution >= 0.6 is 0 Å². The van der Waals surface area contributed by atoms with Crippen molar-refractivity contribution in [2.24, 2.45) is 13.0 Å². The number of fused-ring (bicyclic) bond motifs is 3. The molecule has 0 bridgehead atoms. The molecule has 5 aromatic heterocycles. The highest BCUT2D eigenvalue weighted by molar-refractivity contribution is 6.00. The minimum Gasteiger partial charge on any atom is -0.376 e. The second-order valence-corrected chi connectivity index (χ2v) is 19.1. The number of hydrogen-bond donors (Lipinski definition) is 2. The van der Waals surface area contributed by atoms with Crippen molar-refractivity contribution in [3.63, 3.8) is 0 Å². The first-order valence-corrected chi connectivity index (χ1v) is 22.3. The van der Waals surface area contributed by atoms with Crippen molar-refractivity contribution in [1.29, 1.82) is 0 Å². The standard InChI is InChI=1S/C49H50F2N10O4/c1-24-17-32(18-25(2)40(24)50)61-43(44-53-27(4)42(54-44)33-10-12-37-34(41(33)51)23-52-58(37)8)39-28(5)59(15-13-35(39)56-61)45(62)38-20-31-19-29(30-14-16-64-48(6,7)22-30)9-11-36(31)60(38)49(21-26(49)3)46-55-47(63)65-57-46/h9-12,17-20,23,26,28,30H,13-16,21-22H2,1-8H3,(H,53,54)(H,55,57,63)/t26-,28-,30-,49-/m0/s1. The van der Waals surface area contributed by atoms with E-state index in [9.17, 15) is 4.79 Å². The lowest BCUT2D eigenvalue weighted by atomic mass is 9.83. The Morgan fingerprint density at radius 2 is 1.71 bits per heavy atom. The number of H-pyrrole nitrogens is 2. The number of nitrogens with one attached hydrogen (secondary N) is 2. The van der Waals surface area contributed by atoms with Crippen molar-refractivity contribution < 1.29 is 22.8 Å². The summed E-state index contributed by atoms with van der Waals surface area (Å²) in [4.78, 5) is 41.2. The molecule has 3 aliphatic rings. The average molecular weight is 881 g/mol. The molecule has 1 saturated heterocycles. The Balaban J connectivity index is 1.06. The number of aromatic nitrogens is 9. The number of aromatic amines is 2. The predicted octanol–water partition coefficient (Wildman–Crippen LogP) is 8.87. The smallest absolute Gasteiger partial charge is 0.376 e. The van der Waals surface area contributed by atoms with Gasteiger partial charge in [0.1, 0.15) is 28.6 Å². The summed E-state index contributed by atoms with van der Waals surface area (Å²) in [7, 11) is 1.77. The zero-order valence-electron chi connectivity index (χ0n) is 37.6. The highest BCUT2D eigenvalue weighted by atomic mass is 19.1. The number of hydrogen-bond acceptors (Lipinski definition) is 8. The van der Waals surface area contributed by atoms with Crippen LogP contribution in [-0.2, 0) is 23.7 Å². The molecule has 7 heterocycles. The van der Waals surface area contributed by atoms with E-state index in [1.165, 1.54) is 11.8 Å². The van der Waals surface area contributed by atoms with Crippen LogP contribution in [0.25, 0.3) is 50.3 Å². The van der Waals surface area contributed by atoms with Crippen LogP contribution in [0.3, 0.4) is 0 Å². The number of ether oxygens (including phenoxy) is 1. The molecule has 1 saturated carbocycles. The first-order chi connectivity index (χ1) is 31.0. The van der Waals surface area contributed by atoms with Crippen LogP contribution in [0.4, 0.5) is 8.78 Å². The van der Waals surface area contributed by atoms with E-state index in [-0.39, 0.29) is 29.2 Å². The Hall–Kier alpha value is -6.68. The van der Waals surface area contributed by atoms with Gasteiger partial charge < -0.3 is 19.2 Å². The van der Waals surface area contributed by atoms with Gasteiger partial charge in [-0.05, 0) is 132 Å². The first-order valence-electron chi connectivity index (χ1n) is 22.3. The van der Waals surface area contributed by atoms with E-state index in [0.29, 0.717) is 93.7 Å². The molecule has 334 valence electrons. The van der Waals surface area contributed by atoms with Gasteiger partial charge in [0.2, 0.25) is 0 Å². The molecule has 2 fully saturated rings. The maximum absolute atomic E-state index is 16.2. The number of benzene rings is 3. The van der Waals surface area contributed by atoms with Gasteiger partial charge >= 0.3 is 5.76 Å². The fourth-order valence-electron chi connectivity index (χ4n) is 10.9. The van der Waals surface area contributed by atoms with Crippen molar-refractivity contribution in [2.75, 3.05) is 13.2 Å². The van der Waals surface area contributed by atoms with E-state index < -0.39 is 23.2 Å². The zero-order valence-corrected chi connectivity index (χ0v) is 37.6. The third-order valence-electron chi connectivity index (χ3n) is 14.4. The third-order valence-corrected chi connectivity index (χ3v) is 14.4. The predicted molar refractivity (Wildman–Crippen MR) is 240 cm³/mol. The van der Waals surface area contributed by atoms with E-state index in [0.717, 1.165) is 35.0 Å². The molecule has 0 radical (unpaired) electrons. The molecule has 8 aromatic rings. The fourth-order valence-corrected chi connectivity index (χ4v) is 10.9. The number of carbonyl (C=O) groups is 1. The minimum absolute atomic E-state index is 0.0271. The quantitative estimate of drug-likeness (QED) is 0.161. The van der Waals surface area contributed by atoms with Crippen LogP contribution in [0.5, 0.6) is 0 Å². The second kappa shape index (κ2) is 14.4. The van der Waals surface area contributed by atoms with E-state index in [4.69, 9.17) is 19.3 Å². The molecule has 0 spiro atoms. The van der Waals surface area contributed by atoms with Gasteiger partial charge in [-0.3, -0.25) is 19.0 Å². The topological polar surface area (TPSA) is 158 Å². The monoisotopic (exact) mass is 880 g/mol. The van der Waals surface area contributed by atoms with Crippen LogP contribution in [0.2, 0.25) is 0 Å². The highest BCUT2D eigenvalue weighted by Gasteiger charge is 2.59. The molecule has 16 heteroatoms. The van der Waals surface area contributed by atoms with Crippen LogP contribution < -0.4 is 5.76 Å². The van der Waals surface area contributed by atoms with E-state index >= 15 is 13.6 Å². The van der Waals surface area contributed by atoms with Gasteiger partial charge in [0.15, 0.2) is 11.6 Å². The van der Waals surface area contributed by atoms with Crippen LogP contribution in [0, 0.1) is 38.3 Å². The lowest BCUT2D eigenvalue weighted by Crippen LogP contribution is -2.41. The molecule has 4 atom stereocenters. The molecule has 1 aliphatic carbocycles. The molecule has 14 nitrogen and oxygen atoms in total. The molecule has 2 aliphatic heterocycles. The van der Waals surface area contributed by atoms with Crippen molar-refractivity contribution in [2.45, 2.75) is 97.2 Å². The largest absolute Gasteiger partial charge is 0.438 e. The number of rotatable bonds is 7. The Kier molecular flexibility index (Phi) is 9.10. The Morgan fingerprint density at radius 1 is 0.954 bits per heavy atom. The Morgan fingerprint density at radius 3 is 2.42 bits per heavy atom. The average Bonchev–Trinajstić information content (AvgIpc) is 3.90. The van der Waals surface area contributed by atoms with Crippen LogP contribution in [0.15, 0.2) is 64.0 Å².